The molecule has 0 radical (unpaired) electrons. The van der Waals surface area contributed by atoms with E-state index in [1.165, 1.54) is 0 Å². The van der Waals surface area contributed by atoms with Crippen LogP contribution >= 0.6 is 0 Å². The monoisotopic (exact) mass is 314 g/mol. The van der Waals surface area contributed by atoms with Gasteiger partial charge in [0.25, 0.3) is 0 Å². The summed E-state index contributed by atoms with van der Waals surface area (Å²) in [5, 5.41) is 11.2. The number of furan rings is 1. The van der Waals surface area contributed by atoms with Gasteiger partial charge in [0.15, 0.2) is 0 Å². The number of aromatic amines is 1. The molecule has 1 atom stereocenters. The molecule has 122 valence electrons. The van der Waals surface area contributed by atoms with Gasteiger partial charge in [-0.3, -0.25) is 4.90 Å². The summed E-state index contributed by atoms with van der Waals surface area (Å²) in [6, 6.07) is 11.7. The Morgan fingerprint density at radius 3 is 2.91 bits per heavy atom. The van der Waals surface area contributed by atoms with E-state index in [2.05, 4.69) is 4.98 Å². The summed E-state index contributed by atoms with van der Waals surface area (Å²) >= 11 is 0. The molecule has 2 aromatic heterocycles. The average molecular weight is 314 g/mol. The number of aryl methyl sites for hydroxylation is 1. The third kappa shape index (κ3) is 3.94. The van der Waals surface area contributed by atoms with Crippen molar-refractivity contribution in [1.82, 2.24) is 9.88 Å². The highest BCUT2D eigenvalue weighted by molar-refractivity contribution is 5.85. The molecule has 3 rings (SSSR count). The van der Waals surface area contributed by atoms with E-state index in [1.807, 2.05) is 61.5 Å². The molecule has 3 aromatic rings. The number of hydrogen-bond acceptors (Lipinski definition) is 4. The van der Waals surface area contributed by atoms with E-state index in [0.29, 0.717) is 13.1 Å². The molecule has 5 nitrogen and oxygen atoms in total. The van der Waals surface area contributed by atoms with E-state index >= 15 is 0 Å². The Morgan fingerprint density at radius 1 is 1.26 bits per heavy atom. The third-order valence-corrected chi connectivity index (χ3v) is 3.73. The zero-order valence-electron chi connectivity index (χ0n) is 13.5. The number of hydrogen-bond donors (Lipinski definition) is 2. The van der Waals surface area contributed by atoms with Crippen LogP contribution in [0.15, 0.2) is 47.0 Å². The molecule has 0 amide bonds. The van der Waals surface area contributed by atoms with Gasteiger partial charge >= 0.3 is 0 Å². The van der Waals surface area contributed by atoms with E-state index in [1.54, 1.807) is 0 Å². The SMILES string of the molecule is Cc1ccc(CN(C)CC(O)COc2cccc3[nH]ccc23)o1. The van der Waals surface area contributed by atoms with Crippen LogP contribution in [0, 0.1) is 6.92 Å². The second-order valence-corrected chi connectivity index (χ2v) is 5.87. The number of nitrogens with one attached hydrogen (secondary N) is 1. The van der Waals surface area contributed by atoms with Crippen LogP contribution < -0.4 is 4.74 Å². The van der Waals surface area contributed by atoms with Crippen molar-refractivity contribution >= 4 is 10.9 Å². The molecular weight excluding hydrogens is 292 g/mol. The van der Waals surface area contributed by atoms with Gasteiger partial charge in [0.2, 0.25) is 0 Å². The molecule has 0 saturated heterocycles. The first-order chi connectivity index (χ1) is 11.1. The second kappa shape index (κ2) is 6.89. The summed E-state index contributed by atoms with van der Waals surface area (Å²) in [4.78, 5) is 5.16. The Morgan fingerprint density at radius 2 is 2.13 bits per heavy atom. The molecule has 23 heavy (non-hydrogen) atoms. The molecule has 2 N–H and O–H groups in total. The Kier molecular flexibility index (Phi) is 4.69. The predicted molar refractivity (Wildman–Crippen MR) is 89.6 cm³/mol. The van der Waals surface area contributed by atoms with Crippen LogP contribution in [-0.4, -0.2) is 41.3 Å². The van der Waals surface area contributed by atoms with Crippen LogP contribution in [0.5, 0.6) is 5.75 Å². The number of aliphatic hydroxyl groups is 1. The van der Waals surface area contributed by atoms with Crippen molar-refractivity contribution in [2.75, 3.05) is 20.2 Å². The fourth-order valence-corrected chi connectivity index (χ4v) is 2.68. The number of aromatic nitrogens is 1. The molecule has 0 aliphatic heterocycles. The van der Waals surface area contributed by atoms with Gasteiger partial charge in [0, 0.05) is 23.6 Å². The standard InChI is InChI=1S/C18H22N2O3/c1-13-6-7-15(23-13)11-20(2)10-14(21)12-22-18-5-3-4-17-16(18)8-9-19-17/h3-9,14,19,21H,10-12H2,1-2H3. The van der Waals surface area contributed by atoms with Gasteiger partial charge in [-0.1, -0.05) is 6.07 Å². The number of ether oxygens (including phenoxy) is 1. The summed E-state index contributed by atoms with van der Waals surface area (Å²) in [6.07, 6.45) is 1.32. The number of H-pyrrole nitrogens is 1. The van der Waals surface area contributed by atoms with Crippen molar-refractivity contribution in [3.05, 3.63) is 54.1 Å². The number of rotatable bonds is 7. The van der Waals surface area contributed by atoms with Crippen LogP contribution in [0.3, 0.4) is 0 Å². The number of fused-ring (bicyclic) bond motifs is 1. The van der Waals surface area contributed by atoms with Crippen LogP contribution in [0.1, 0.15) is 11.5 Å². The minimum atomic E-state index is -0.565. The van der Waals surface area contributed by atoms with Gasteiger partial charge in [-0.05, 0) is 44.3 Å². The zero-order chi connectivity index (χ0) is 16.2. The van der Waals surface area contributed by atoms with Crippen molar-refractivity contribution in [3.8, 4) is 5.75 Å². The van der Waals surface area contributed by atoms with Gasteiger partial charge < -0.3 is 19.2 Å². The minimum absolute atomic E-state index is 0.256. The van der Waals surface area contributed by atoms with E-state index in [4.69, 9.17) is 9.15 Å². The Balaban J connectivity index is 1.51. The predicted octanol–water partition coefficient (Wildman–Crippen LogP) is 2.94. The van der Waals surface area contributed by atoms with Crippen LogP contribution in [-0.2, 0) is 6.54 Å². The largest absolute Gasteiger partial charge is 0.490 e. The first-order valence-electron chi connectivity index (χ1n) is 7.72. The van der Waals surface area contributed by atoms with Gasteiger partial charge in [-0.2, -0.15) is 0 Å². The van der Waals surface area contributed by atoms with Gasteiger partial charge in [-0.15, -0.1) is 0 Å². The van der Waals surface area contributed by atoms with Crippen LogP contribution in [0.2, 0.25) is 0 Å². The molecule has 5 heteroatoms. The van der Waals surface area contributed by atoms with Gasteiger partial charge in [0.1, 0.15) is 30.0 Å². The van der Waals surface area contributed by atoms with E-state index in [-0.39, 0.29) is 6.61 Å². The molecule has 0 saturated carbocycles. The minimum Gasteiger partial charge on any atom is -0.490 e. The quantitative estimate of drug-likeness (QED) is 0.704. The average Bonchev–Trinajstić information content (AvgIpc) is 3.14. The van der Waals surface area contributed by atoms with Crippen molar-refractivity contribution in [2.45, 2.75) is 19.6 Å². The fraction of sp³-hybridized carbons (Fsp3) is 0.333. The van der Waals surface area contributed by atoms with E-state index in [9.17, 15) is 5.11 Å². The molecule has 2 heterocycles. The molecule has 0 spiro atoms. The van der Waals surface area contributed by atoms with Crippen LogP contribution in [0.25, 0.3) is 10.9 Å². The number of benzene rings is 1. The highest BCUT2D eigenvalue weighted by Crippen LogP contribution is 2.24. The fourth-order valence-electron chi connectivity index (χ4n) is 2.68. The topological polar surface area (TPSA) is 61.6 Å². The summed E-state index contributed by atoms with van der Waals surface area (Å²) in [6.45, 7) is 3.36. The molecule has 0 aliphatic carbocycles. The maximum absolute atomic E-state index is 10.2. The Bertz CT molecular complexity index is 762. The number of nitrogens with zero attached hydrogens (tertiary/aromatic N) is 1. The molecular formula is C18H22N2O3. The third-order valence-electron chi connectivity index (χ3n) is 3.73. The summed E-state index contributed by atoms with van der Waals surface area (Å²) in [5.74, 6) is 2.58. The van der Waals surface area contributed by atoms with Crippen molar-refractivity contribution in [1.29, 1.82) is 0 Å². The molecule has 1 unspecified atom stereocenters. The second-order valence-electron chi connectivity index (χ2n) is 5.87. The lowest BCUT2D eigenvalue weighted by Crippen LogP contribution is -2.32. The maximum Gasteiger partial charge on any atom is 0.128 e. The molecule has 1 aromatic carbocycles. The summed E-state index contributed by atoms with van der Waals surface area (Å²) in [7, 11) is 1.95. The molecule has 0 fully saturated rings. The lowest BCUT2D eigenvalue weighted by atomic mass is 10.2. The smallest absolute Gasteiger partial charge is 0.128 e. The first-order valence-corrected chi connectivity index (χ1v) is 7.72. The first kappa shape index (κ1) is 15.6. The van der Waals surface area contributed by atoms with Crippen molar-refractivity contribution < 1.29 is 14.3 Å². The maximum atomic E-state index is 10.2. The summed E-state index contributed by atoms with van der Waals surface area (Å²) in [5.41, 5.74) is 1.03. The van der Waals surface area contributed by atoms with Crippen molar-refractivity contribution in [3.63, 3.8) is 0 Å². The highest BCUT2D eigenvalue weighted by atomic mass is 16.5. The molecule has 0 aliphatic rings. The number of likely N-dealkylation sites (N-methyl/N-ethyl adjacent to an activating group) is 1. The van der Waals surface area contributed by atoms with E-state index < -0.39 is 6.10 Å². The number of aliphatic hydroxyl groups excluding tert-OH is 1. The Hall–Kier alpha value is -2.24. The van der Waals surface area contributed by atoms with Gasteiger partial charge in [-0.25, -0.2) is 0 Å². The van der Waals surface area contributed by atoms with Crippen molar-refractivity contribution in [2.24, 2.45) is 0 Å². The normalized spacial score (nSPS) is 12.9. The van der Waals surface area contributed by atoms with E-state index in [0.717, 1.165) is 28.2 Å². The molecule has 0 bridgehead atoms. The van der Waals surface area contributed by atoms with Crippen LogP contribution in [0.4, 0.5) is 0 Å². The zero-order valence-corrected chi connectivity index (χ0v) is 13.5. The highest BCUT2D eigenvalue weighted by Gasteiger charge is 2.12. The summed E-state index contributed by atoms with van der Waals surface area (Å²) < 4.78 is 11.3. The lowest BCUT2D eigenvalue weighted by Gasteiger charge is -2.20. The lowest BCUT2D eigenvalue weighted by molar-refractivity contribution is 0.0730. The van der Waals surface area contributed by atoms with Gasteiger partial charge in [0.05, 0.1) is 6.54 Å². The Labute approximate surface area is 135 Å².